The van der Waals surface area contributed by atoms with Gasteiger partial charge in [-0.1, -0.05) is 11.6 Å². The van der Waals surface area contributed by atoms with Gasteiger partial charge >= 0.3 is 0 Å². The summed E-state index contributed by atoms with van der Waals surface area (Å²) in [5.74, 6) is 3.29. The Balaban J connectivity index is 1.75. The molecule has 2 atom stereocenters. The highest BCUT2D eigenvalue weighted by Crippen LogP contribution is 2.46. The van der Waals surface area contributed by atoms with E-state index in [1.54, 1.807) is 12.4 Å². The molecule has 2 bridgehead atoms. The monoisotopic (exact) mass is 347 g/mol. The van der Waals surface area contributed by atoms with Crippen LogP contribution in [-0.4, -0.2) is 27.5 Å². The molecular formula is C21H18ClN3. The minimum absolute atomic E-state index is 0.485. The van der Waals surface area contributed by atoms with Crippen molar-refractivity contribution in [1.29, 1.82) is 0 Å². The van der Waals surface area contributed by atoms with Gasteiger partial charge in [0.15, 0.2) is 0 Å². The Labute approximate surface area is 152 Å². The molecule has 0 aliphatic carbocycles. The van der Waals surface area contributed by atoms with E-state index in [2.05, 4.69) is 45.6 Å². The number of likely N-dealkylation sites (N-methyl/N-ethyl adjacent to an activating group) is 1. The van der Waals surface area contributed by atoms with E-state index < -0.39 is 0 Å². The first-order valence-corrected chi connectivity index (χ1v) is 9.07. The second-order valence-corrected chi connectivity index (χ2v) is 7.38. The van der Waals surface area contributed by atoms with Gasteiger partial charge in [0, 0.05) is 58.6 Å². The van der Waals surface area contributed by atoms with Crippen LogP contribution in [-0.2, 0) is 6.42 Å². The Kier molecular flexibility index (Phi) is 3.38. The molecule has 25 heavy (non-hydrogen) atoms. The standard InChI is InChI=1S/C21H18ClN3/c1-24-16-3-5-19(24)21-17-12-15(22)2-4-18(17)25(20(21)13-16)11-8-14-6-9-23-10-7-14/h2,4,6-7,9-10,12,16,19H,3,5,13H2,1H3. The summed E-state index contributed by atoms with van der Waals surface area (Å²) in [4.78, 5) is 6.59. The van der Waals surface area contributed by atoms with Gasteiger partial charge in [0.25, 0.3) is 0 Å². The van der Waals surface area contributed by atoms with E-state index in [4.69, 9.17) is 11.6 Å². The van der Waals surface area contributed by atoms with Gasteiger partial charge < -0.3 is 0 Å². The molecule has 2 aliphatic heterocycles. The Morgan fingerprint density at radius 2 is 2.00 bits per heavy atom. The summed E-state index contributed by atoms with van der Waals surface area (Å²) < 4.78 is 2.19. The maximum absolute atomic E-state index is 6.32. The lowest BCUT2D eigenvalue weighted by molar-refractivity contribution is 0.223. The molecule has 1 aromatic carbocycles. The first-order valence-electron chi connectivity index (χ1n) is 8.69. The molecule has 0 spiro atoms. The molecule has 3 aromatic rings. The quantitative estimate of drug-likeness (QED) is 0.567. The fourth-order valence-corrected chi connectivity index (χ4v) is 4.60. The molecule has 4 heteroatoms. The number of nitrogens with zero attached hydrogens (tertiary/aromatic N) is 3. The van der Waals surface area contributed by atoms with E-state index in [9.17, 15) is 0 Å². The van der Waals surface area contributed by atoms with Gasteiger partial charge in [0.1, 0.15) is 0 Å². The van der Waals surface area contributed by atoms with Crippen LogP contribution in [0.2, 0.25) is 5.02 Å². The van der Waals surface area contributed by atoms with Crippen molar-refractivity contribution < 1.29 is 0 Å². The van der Waals surface area contributed by atoms with Gasteiger partial charge in [-0.15, -0.1) is 0 Å². The van der Waals surface area contributed by atoms with Gasteiger partial charge in [-0.05, 0) is 61.7 Å². The van der Waals surface area contributed by atoms with Crippen molar-refractivity contribution in [2.75, 3.05) is 7.05 Å². The molecule has 5 rings (SSSR count). The lowest BCUT2D eigenvalue weighted by Crippen LogP contribution is -2.34. The largest absolute Gasteiger partial charge is 0.296 e. The van der Waals surface area contributed by atoms with E-state index >= 15 is 0 Å². The molecular weight excluding hydrogens is 330 g/mol. The second kappa shape index (κ2) is 5.62. The number of pyridine rings is 1. The maximum atomic E-state index is 6.32. The summed E-state index contributed by atoms with van der Waals surface area (Å²) in [5, 5.41) is 2.04. The number of aromatic nitrogens is 2. The van der Waals surface area contributed by atoms with Gasteiger partial charge in [0.2, 0.25) is 0 Å². The molecule has 124 valence electrons. The summed E-state index contributed by atoms with van der Waals surface area (Å²) in [7, 11) is 2.25. The summed E-state index contributed by atoms with van der Waals surface area (Å²) in [6.45, 7) is 0. The lowest BCUT2D eigenvalue weighted by atomic mass is 9.97. The van der Waals surface area contributed by atoms with Crippen molar-refractivity contribution in [2.24, 2.45) is 0 Å². The number of benzene rings is 1. The molecule has 2 unspecified atom stereocenters. The Morgan fingerprint density at radius 3 is 2.84 bits per heavy atom. The minimum Gasteiger partial charge on any atom is -0.296 e. The Morgan fingerprint density at radius 1 is 1.16 bits per heavy atom. The maximum Gasteiger partial charge on any atom is 0.0619 e. The number of hydrogen-bond donors (Lipinski definition) is 0. The molecule has 0 radical (unpaired) electrons. The summed E-state index contributed by atoms with van der Waals surface area (Å²) in [5.41, 5.74) is 4.94. The third kappa shape index (κ3) is 2.29. The fourth-order valence-electron chi connectivity index (χ4n) is 4.43. The van der Waals surface area contributed by atoms with Crippen LogP contribution < -0.4 is 0 Å². The number of fused-ring (bicyclic) bond motifs is 6. The molecule has 1 saturated heterocycles. The zero-order valence-electron chi connectivity index (χ0n) is 14.0. The molecule has 3 nitrogen and oxygen atoms in total. The van der Waals surface area contributed by atoms with Crippen molar-refractivity contribution in [3.8, 4) is 12.0 Å². The van der Waals surface area contributed by atoms with Gasteiger partial charge in [-0.2, -0.15) is 0 Å². The molecule has 0 N–H and O–H groups in total. The summed E-state index contributed by atoms with van der Waals surface area (Å²) in [6, 6.07) is 14.6. The molecule has 1 fully saturated rings. The average molecular weight is 348 g/mol. The van der Waals surface area contributed by atoms with Crippen molar-refractivity contribution in [2.45, 2.75) is 31.3 Å². The van der Waals surface area contributed by atoms with Crippen molar-refractivity contribution in [1.82, 2.24) is 14.5 Å². The first-order chi connectivity index (χ1) is 12.2. The fraction of sp³-hybridized carbons (Fsp3) is 0.286. The molecule has 2 aliphatic rings. The normalized spacial score (nSPS) is 21.8. The predicted octanol–water partition coefficient (Wildman–Crippen LogP) is 4.24. The number of halogens is 1. The van der Waals surface area contributed by atoms with Crippen LogP contribution in [0.15, 0.2) is 42.7 Å². The van der Waals surface area contributed by atoms with Crippen LogP contribution in [0.5, 0.6) is 0 Å². The van der Waals surface area contributed by atoms with Gasteiger partial charge in [-0.3, -0.25) is 14.5 Å². The lowest BCUT2D eigenvalue weighted by Gasteiger charge is -2.31. The molecule has 4 heterocycles. The summed E-state index contributed by atoms with van der Waals surface area (Å²) in [6.07, 6.45) is 7.09. The number of rotatable bonds is 0. The number of hydrogen-bond acceptors (Lipinski definition) is 2. The zero-order valence-corrected chi connectivity index (χ0v) is 14.8. The van der Waals surface area contributed by atoms with E-state index in [1.165, 1.54) is 29.5 Å². The third-order valence-electron chi connectivity index (χ3n) is 5.67. The minimum atomic E-state index is 0.485. The van der Waals surface area contributed by atoms with E-state index in [0.29, 0.717) is 12.1 Å². The van der Waals surface area contributed by atoms with Crippen LogP contribution in [0, 0.1) is 12.0 Å². The van der Waals surface area contributed by atoms with Crippen LogP contribution >= 0.6 is 11.6 Å². The SMILES string of the molecule is CN1C2CCC1c1c(n(C#Cc3ccncc3)c3ccc(Cl)cc13)C2. The molecule has 0 amide bonds. The van der Waals surface area contributed by atoms with Crippen LogP contribution in [0.4, 0.5) is 0 Å². The predicted molar refractivity (Wildman–Crippen MR) is 101 cm³/mol. The van der Waals surface area contributed by atoms with Crippen LogP contribution in [0.1, 0.15) is 35.7 Å². The third-order valence-corrected chi connectivity index (χ3v) is 5.90. The second-order valence-electron chi connectivity index (χ2n) is 6.95. The van der Waals surface area contributed by atoms with E-state index in [1.807, 2.05) is 18.2 Å². The van der Waals surface area contributed by atoms with Gasteiger partial charge in [0.05, 0.1) is 5.52 Å². The van der Waals surface area contributed by atoms with Gasteiger partial charge in [-0.25, -0.2) is 0 Å². The van der Waals surface area contributed by atoms with Crippen molar-refractivity contribution in [3.05, 3.63) is 64.6 Å². The Bertz CT molecular complexity index is 1030. The summed E-state index contributed by atoms with van der Waals surface area (Å²) >= 11 is 6.32. The highest BCUT2D eigenvalue weighted by molar-refractivity contribution is 6.31. The zero-order chi connectivity index (χ0) is 17.0. The Hall–Kier alpha value is -2.28. The van der Waals surface area contributed by atoms with Crippen molar-refractivity contribution in [3.63, 3.8) is 0 Å². The van der Waals surface area contributed by atoms with Crippen LogP contribution in [0.3, 0.4) is 0 Å². The first kappa shape index (κ1) is 15.0. The van der Waals surface area contributed by atoms with E-state index in [0.717, 1.165) is 22.5 Å². The smallest absolute Gasteiger partial charge is 0.0619 e. The highest BCUT2D eigenvalue weighted by Gasteiger charge is 2.40. The average Bonchev–Trinajstić information content (AvgIpc) is 3.04. The molecule has 2 aromatic heterocycles. The van der Waals surface area contributed by atoms with Crippen LogP contribution in [0.25, 0.3) is 10.9 Å². The topological polar surface area (TPSA) is 21.1 Å². The molecule has 0 saturated carbocycles. The highest BCUT2D eigenvalue weighted by atomic mass is 35.5. The van der Waals surface area contributed by atoms with E-state index in [-0.39, 0.29) is 0 Å². The van der Waals surface area contributed by atoms with Crippen molar-refractivity contribution >= 4 is 22.5 Å².